The molecule has 0 aliphatic carbocycles. The summed E-state index contributed by atoms with van der Waals surface area (Å²) >= 11 is 0. The Morgan fingerprint density at radius 3 is 2.20 bits per heavy atom. The van der Waals surface area contributed by atoms with Gasteiger partial charge in [0.05, 0.1) is 18.8 Å². The van der Waals surface area contributed by atoms with E-state index in [2.05, 4.69) is 32.7 Å². The quantitative estimate of drug-likeness (QED) is 0.181. The maximum Gasteiger partial charge on any atom is 0.318 e. The monoisotopic (exact) mass is 611 g/mol. The number of nitrogens with zero attached hydrogens (tertiary/aromatic N) is 4. The van der Waals surface area contributed by atoms with Crippen LogP contribution < -0.4 is 26.2 Å². The van der Waals surface area contributed by atoms with Gasteiger partial charge in [-0.15, -0.1) is 0 Å². The van der Waals surface area contributed by atoms with Gasteiger partial charge < -0.3 is 41.2 Å². The van der Waals surface area contributed by atoms with E-state index in [9.17, 15) is 14.4 Å². The van der Waals surface area contributed by atoms with Gasteiger partial charge in [0.15, 0.2) is 5.82 Å². The Labute approximate surface area is 261 Å². The van der Waals surface area contributed by atoms with Crippen molar-refractivity contribution < 1.29 is 19.1 Å². The van der Waals surface area contributed by atoms with E-state index in [0.717, 1.165) is 5.56 Å². The molecular formula is C32H37N9O4. The zero-order valence-corrected chi connectivity index (χ0v) is 25.1. The number of amides is 4. The minimum atomic E-state index is -0.310. The number of hydrogen-bond donors (Lipinski definition) is 5. The molecule has 0 spiro atoms. The largest absolute Gasteiger partial charge is 0.378 e. The fourth-order valence-electron chi connectivity index (χ4n) is 5.23. The molecule has 13 heteroatoms. The van der Waals surface area contributed by atoms with Crippen LogP contribution in [-0.4, -0.2) is 91.4 Å². The van der Waals surface area contributed by atoms with E-state index in [0.29, 0.717) is 92.2 Å². The summed E-state index contributed by atoms with van der Waals surface area (Å²) in [4.78, 5) is 50.1. The molecule has 45 heavy (non-hydrogen) atoms. The Balaban J connectivity index is 1.32. The summed E-state index contributed by atoms with van der Waals surface area (Å²) in [6.07, 6.45) is 3.87. The normalized spacial score (nSPS) is 15.1. The number of anilines is 4. The molecule has 0 bridgehead atoms. The van der Waals surface area contributed by atoms with Crippen LogP contribution >= 0.6 is 0 Å². The highest BCUT2D eigenvalue weighted by Crippen LogP contribution is 2.30. The minimum Gasteiger partial charge on any atom is -0.378 e. The number of nitrogens with one attached hydrogen (secondary N) is 5. The molecule has 0 saturated carbocycles. The molecule has 13 nitrogen and oxygen atoms in total. The van der Waals surface area contributed by atoms with Crippen LogP contribution in [0.15, 0.2) is 61.2 Å². The van der Waals surface area contributed by atoms with Crippen molar-refractivity contribution in [3.63, 3.8) is 0 Å². The number of aromatic nitrogens is 2. The number of carbonyl (C=O) groups is 3. The topological polar surface area (TPSA) is 165 Å². The molecule has 2 aliphatic heterocycles. The SMILES string of the molecule is C=CC(=O)Nc1ccc(C(=O)N2CCC(Nc3nc(-c4ccc(NC(=O)NC)cc4)nc(N4CCOCC4)c3C=N)CC2)cc1. The third-order valence-electron chi connectivity index (χ3n) is 7.72. The fraction of sp³-hybridized carbons (Fsp3) is 0.312. The van der Waals surface area contributed by atoms with Crippen molar-refractivity contribution >= 4 is 47.1 Å². The van der Waals surface area contributed by atoms with E-state index in [4.69, 9.17) is 20.1 Å². The molecule has 1 aromatic heterocycles. The van der Waals surface area contributed by atoms with Crippen molar-refractivity contribution in [2.24, 2.45) is 0 Å². The molecule has 5 N–H and O–H groups in total. The fourth-order valence-corrected chi connectivity index (χ4v) is 5.23. The lowest BCUT2D eigenvalue weighted by Crippen LogP contribution is -2.42. The molecule has 0 unspecified atom stereocenters. The van der Waals surface area contributed by atoms with E-state index in [1.165, 1.54) is 12.3 Å². The first kappa shape index (κ1) is 31.1. The first-order chi connectivity index (χ1) is 21.9. The van der Waals surface area contributed by atoms with Crippen LogP contribution in [-0.2, 0) is 9.53 Å². The lowest BCUT2D eigenvalue weighted by molar-refractivity contribution is -0.111. The molecule has 2 fully saturated rings. The smallest absolute Gasteiger partial charge is 0.318 e. The molecule has 234 valence electrons. The second-order valence-corrected chi connectivity index (χ2v) is 10.6. The van der Waals surface area contributed by atoms with Gasteiger partial charge in [0.25, 0.3) is 5.91 Å². The van der Waals surface area contributed by atoms with Crippen molar-refractivity contribution in [1.29, 1.82) is 5.41 Å². The van der Waals surface area contributed by atoms with Crippen LogP contribution in [0.2, 0.25) is 0 Å². The number of urea groups is 1. The summed E-state index contributed by atoms with van der Waals surface area (Å²) < 4.78 is 5.55. The summed E-state index contributed by atoms with van der Waals surface area (Å²) in [6.45, 7) is 6.98. The molecule has 3 heterocycles. The Morgan fingerprint density at radius 2 is 1.58 bits per heavy atom. The number of rotatable bonds is 9. The highest BCUT2D eigenvalue weighted by Gasteiger charge is 2.27. The van der Waals surface area contributed by atoms with Crippen molar-refractivity contribution in [1.82, 2.24) is 20.2 Å². The second-order valence-electron chi connectivity index (χ2n) is 10.6. The van der Waals surface area contributed by atoms with E-state index in [1.807, 2.05) is 17.0 Å². The Morgan fingerprint density at radius 1 is 0.933 bits per heavy atom. The summed E-state index contributed by atoms with van der Waals surface area (Å²) in [5.41, 5.74) is 3.15. The maximum atomic E-state index is 13.2. The van der Waals surface area contributed by atoms with Crippen molar-refractivity contribution in [3.8, 4) is 11.4 Å². The summed E-state index contributed by atoms with van der Waals surface area (Å²) in [6, 6.07) is 13.8. The molecule has 5 rings (SSSR count). The molecule has 0 atom stereocenters. The van der Waals surface area contributed by atoms with Gasteiger partial charge in [-0.25, -0.2) is 14.8 Å². The van der Waals surface area contributed by atoms with E-state index in [-0.39, 0.29) is 23.9 Å². The van der Waals surface area contributed by atoms with Gasteiger partial charge in [-0.1, -0.05) is 6.58 Å². The number of ether oxygens (including phenoxy) is 1. The lowest BCUT2D eigenvalue weighted by Gasteiger charge is -2.34. The van der Waals surface area contributed by atoms with Gasteiger partial charge >= 0.3 is 6.03 Å². The summed E-state index contributed by atoms with van der Waals surface area (Å²) in [5.74, 6) is 1.34. The van der Waals surface area contributed by atoms with Crippen molar-refractivity contribution in [2.45, 2.75) is 18.9 Å². The van der Waals surface area contributed by atoms with Crippen LogP contribution in [0.4, 0.5) is 27.8 Å². The molecule has 3 aromatic rings. The maximum absolute atomic E-state index is 13.2. The Bertz CT molecular complexity index is 1550. The number of piperidine rings is 1. The van der Waals surface area contributed by atoms with E-state index >= 15 is 0 Å². The van der Waals surface area contributed by atoms with Crippen molar-refractivity contribution in [2.75, 3.05) is 67.3 Å². The van der Waals surface area contributed by atoms with Crippen molar-refractivity contribution in [3.05, 3.63) is 72.3 Å². The van der Waals surface area contributed by atoms with Gasteiger partial charge in [0, 0.05) is 68.0 Å². The molecule has 2 aromatic carbocycles. The summed E-state index contributed by atoms with van der Waals surface area (Å²) in [5, 5.41) is 19.8. The third kappa shape index (κ3) is 7.62. The highest BCUT2D eigenvalue weighted by molar-refractivity contribution is 6.00. The number of morpholine rings is 1. The third-order valence-corrected chi connectivity index (χ3v) is 7.72. The van der Waals surface area contributed by atoms with Gasteiger partial charge in [-0.3, -0.25) is 9.59 Å². The van der Waals surface area contributed by atoms with Gasteiger partial charge in [-0.2, -0.15) is 0 Å². The summed E-state index contributed by atoms with van der Waals surface area (Å²) in [7, 11) is 1.55. The number of likely N-dealkylation sites (tertiary alicyclic amines) is 1. The van der Waals surface area contributed by atoms with Crippen LogP contribution in [0.5, 0.6) is 0 Å². The first-order valence-electron chi connectivity index (χ1n) is 14.8. The van der Waals surface area contributed by atoms with Gasteiger partial charge in [-0.05, 0) is 67.4 Å². The molecule has 2 saturated heterocycles. The highest BCUT2D eigenvalue weighted by atomic mass is 16.5. The van der Waals surface area contributed by atoms with Gasteiger partial charge in [0.1, 0.15) is 11.6 Å². The molecular weight excluding hydrogens is 574 g/mol. The Kier molecular flexibility index (Phi) is 10.00. The Hall–Kier alpha value is -5.30. The zero-order chi connectivity index (χ0) is 31.8. The number of carbonyl (C=O) groups excluding carboxylic acids is 3. The first-order valence-corrected chi connectivity index (χ1v) is 14.8. The van der Waals surface area contributed by atoms with Crippen LogP contribution in [0, 0.1) is 5.41 Å². The molecule has 0 radical (unpaired) electrons. The number of benzene rings is 2. The predicted molar refractivity (Wildman–Crippen MR) is 174 cm³/mol. The van der Waals surface area contributed by atoms with Gasteiger partial charge in [0.2, 0.25) is 5.91 Å². The second kappa shape index (κ2) is 14.4. The molecule has 2 aliphatic rings. The lowest BCUT2D eigenvalue weighted by atomic mass is 10.0. The standard InChI is InChI=1S/C32H37N9O4/c1-3-27(42)35-23-10-6-22(7-11-23)31(43)41-14-12-25(13-15-41)36-29-26(20-33)30(40-16-18-45-19-17-40)39-28(38-29)21-4-8-24(9-5-21)37-32(44)34-2/h3-11,20,25,33H,1,12-19H2,2H3,(H,35,42)(H2,34,37,44)(H,36,38,39). The van der Waals surface area contributed by atoms with Crippen LogP contribution in [0.3, 0.4) is 0 Å². The van der Waals surface area contributed by atoms with Crippen LogP contribution in [0.25, 0.3) is 11.4 Å². The number of hydrogen-bond acceptors (Lipinski definition) is 9. The van der Waals surface area contributed by atoms with E-state index < -0.39 is 0 Å². The molecule has 4 amide bonds. The average molecular weight is 612 g/mol. The zero-order valence-electron chi connectivity index (χ0n) is 25.1. The van der Waals surface area contributed by atoms with E-state index in [1.54, 1.807) is 43.4 Å². The average Bonchev–Trinajstić information content (AvgIpc) is 3.09. The predicted octanol–water partition coefficient (Wildman–Crippen LogP) is 3.57. The minimum absolute atomic E-state index is 0.0312. The van der Waals surface area contributed by atoms with Crippen LogP contribution in [0.1, 0.15) is 28.8 Å².